The van der Waals surface area contributed by atoms with Crippen LogP contribution in [0.2, 0.25) is 0 Å². The number of carbonyl (C=O) groups excluding carboxylic acids is 1. The van der Waals surface area contributed by atoms with Gasteiger partial charge < -0.3 is 14.4 Å². The van der Waals surface area contributed by atoms with Gasteiger partial charge in [-0.1, -0.05) is 54.2 Å². The highest BCUT2D eigenvalue weighted by molar-refractivity contribution is 8.03. The van der Waals surface area contributed by atoms with Gasteiger partial charge in [0.15, 0.2) is 0 Å². The van der Waals surface area contributed by atoms with Gasteiger partial charge in [-0.05, 0) is 54.4 Å². The topological polar surface area (TPSA) is 65.8 Å². The Labute approximate surface area is 215 Å². The number of rotatable bonds is 7. The molecule has 3 aromatic rings. The number of thioether (sulfide) groups is 1. The lowest BCUT2D eigenvalue weighted by molar-refractivity contribution is -0.129. The van der Waals surface area contributed by atoms with Crippen LogP contribution in [0, 0.1) is 11.3 Å². The number of anilines is 1. The molecule has 36 heavy (non-hydrogen) atoms. The van der Waals surface area contributed by atoms with Gasteiger partial charge in [-0.25, -0.2) is 0 Å². The number of nitrogens with zero attached hydrogens (tertiary/aromatic N) is 3. The van der Waals surface area contributed by atoms with Crippen LogP contribution in [0.25, 0.3) is 0 Å². The second kappa shape index (κ2) is 10.8. The molecule has 0 N–H and O–H groups in total. The van der Waals surface area contributed by atoms with Crippen molar-refractivity contribution in [3.8, 4) is 17.6 Å². The van der Waals surface area contributed by atoms with Crippen molar-refractivity contribution >= 4 is 23.4 Å². The summed E-state index contributed by atoms with van der Waals surface area (Å²) < 4.78 is 11.5. The zero-order chi connectivity index (χ0) is 24.9. The summed E-state index contributed by atoms with van der Waals surface area (Å²) in [5, 5.41) is 10.9. The molecule has 182 valence electrons. The predicted molar refractivity (Wildman–Crippen MR) is 141 cm³/mol. The fourth-order valence-electron chi connectivity index (χ4n) is 4.49. The van der Waals surface area contributed by atoms with Gasteiger partial charge in [0.25, 0.3) is 0 Å². The van der Waals surface area contributed by atoms with E-state index in [4.69, 9.17) is 9.47 Å². The third-order valence-corrected chi connectivity index (χ3v) is 7.47. The van der Waals surface area contributed by atoms with E-state index < -0.39 is 0 Å². The highest BCUT2D eigenvalue weighted by Gasteiger charge is 2.38. The number of ether oxygens (including phenoxy) is 2. The number of nitriles is 1. The van der Waals surface area contributed by atoms with Crippen molar-refractivity contribution in [2.45, 2.75) is 25.9 Å². The zero-order valence-corrected chi connectivity index (χ0v) is 20.9. The molecule has 5 rings (SSSR count). The van der Waals surface area contributed by atoms with Gasteiger partial charge in [0.1, 0.15) is 18.1 Å². The number of fused-ring (bicyclic) bond motifs is 1. The van der Waals surface area contributed by atoms with Crippen LogP contribution in [-0.2, 0) is 11.4 Å². The third-order valence-electron chi connectivity index (χ3n) is 6.32. The van der Waals surface area contributed by atoms with E-state index in [9.17, 15) is 10.1 Å². The normalized spacial score (nSPS) is 17.4. The summed E-state index contributed by atoms with van der Waals surface area (Å²) in [5.74, 6) is 1.95. The molecule has 1 saturated heterocycles. The molecule has 0 unspecified atom stereocenters. The Bertz CT molecular complexity index is 1300. The van der Waals surface area contributed by atoms with Crippen molar-refractivity contribution in [3.05, 3.63) is 101 Å². The van der Waals surface area contributed by atoms with Crippen LogP contribution in [0.3, 0.4) is 0 Å². The molecule has 6 nitrogen and oxygen atoms in total. The largest absolute Gasteiger partial charge is 0.494 e. The van der Waals surface area contributed by atoms with E-state index in [0.717, 1.165) is 33.3 Å². The first-order valence-corrected chi connectivity index (χ1v) is 13.0. The van der Waals surface area contributed by atoms with Crippen LogP contribution >= 0.6 is 11.8 Å². The van der Waals surface area contributed by atoms with E-state index in [2.05, 4.69) is 11.0 Å². The second-order valence-corrected chi connectivity index (χ2v) is 9.57. The van der Waals surface area contributed by atoms with Crippen molar-refractivity contribution in [2.75, 3.05) is 24.1 Å². The fraction of sp³-hybridized carbons (Fsp3) is 0.241. The van der Waals surface area contributed by atoms with Crippen LogP contribution in [0.4, 0.5) is 5.69 Å². The first-order valence-electron chi connectivity index (χ1n) is 12.0. The summed E-state index contributed by atoms with van der Waals surface area (Å²) in [5.41, 5.74) is 3.67. The van der Waals surface area contributed by atoms with Crippen LogP contribution in [0.5, 0.6) is 11.5 Å². The molecule has 0 spiro atoms. The van der Waals surface area contributed by atoms with Crippen molar-refractivity contribution in [1.29, 1.82) is 5.26 Å². The standard InChI is InChI=1S/C29H27N3O3S/c1-2-34-24-13-11-23(12-14-24)31-19-32-28(33)16-26(27(17-30)29(32)36-20-31)22-9-6-10-25(15-22)35-18-21-7-4-3-5-8-21/h3-15,26H,2,16,18-20H2,1H3/t26-/m1/s1. The van der Waals surface area contributed by atoms with Gasteiger partial charge in [0, 0.05) is 18.0 Å². The molecule has 1 atom stereocenters. The first-order chi connectivity index (χ1) is 17.7. The molecule has 2 heterocycles. The molecule has 1 amide bonds. The Morgan fingerprint density at radius 1 is 1.00 bits per heavy atom. The van der Waals surface area contributed by atoms with Gasteiger partial charge in [-0.15, -0.1) is 0 Å². The number of allylic oxidation sites excluding steroid dienone is 1. The maximum atomic E-state index is 13.3. The van der Waals surface area contributed by atoms with Gasteiger partial charge in [-0.2, -0.15) is 5.26 Å². The molecule has 2 aliphatic heterocycles. The van der Waals surface area contributed by atoms with Gasteiger partial charge in [0.05, 0.1) is 35.8 Å². The Morgan fingerprint density at radius 2 is 1.81 bits per heavy atom. The molecular weight excluding hydrogens is 470 g/mol. The average Bonchev–Trinajstić information content (AvgIpc) is 2.93. The summed E-state index contributed by atoms with van der Waals surface area (Å²) in [7, 11) is 0. The molecule has 7 heteroatoms. The maximum Gasteiger partial charge on any atom is 0.229 e. The van der Waals surface area contributed by atoms with Gasteiger partial charge >= 0.3 is 0 Å². The summed E-state index contributed by atoms with van der Waals surface area (Å²) in [6.07, 6.45) is 0.256. The zero-order valence-electron chi connectivity index (χ0n) is 20.1. The van der Waals surface area contributed by atoms with E-state index in [-0.39, 0.29) is 18.2 Å². The predicted octanol–water partition coefficient (Wildman–Crippen LogP) is 5.88. The maximum absolute atomic E-state index is 13.3. The Hall–Kier alpha value is -3.89. The molecular formula is C29H27N3O3S. The minimum Gasteiger partial charge on any atom is -0.494 e. The molecule has 1 fully saturated rings. The summed E-state index contributed by atoms with van der Waals surface area (Å²) in [6, 6.07) is 28.1. The molecule has 3 aromatic carbocycles. The van der Waals surface area contributed by atoms with E-state index >= 15 is 0 Å². The molecule has 0 aliphatic carbocycles. The van der Waals surface area contributed by atoms with Gasteiger partial charge in [0.2, 0.25) is 5.91 Å². The van der Waals surface area contributed by atoms with Crippen LogP contribution in [0.1, 0.15) is 30.4 Å². The monoisotopic (exact) mass is 497 g/mol. The van der Waals surface area contributed by atoms with E-state index in [0.29, 0.717) is 31.3 Å². The molecule has 0 saturated carbocycles. The SMILES string of the molecule is CCOc1ccc(N2CSC3=C(C#N)[C@@H](c4cccc(OCc5ccccc5)c4)CC(=O)N3C2)cc1. The van der Waals surface area contributed by atoms with E-state index in [1.54, 1.807) is 4.90 Å². The number of hydrogen-bond acceptors (Lipinski definition) is 6. The molecule has 0 aromatic heterocycles. The number of hydrogen-bond donors (Lipinski definition) is 0. The fourth-order valence-corrected chi connectivity index (χ4v) is 5.66. The lowest BCUT2D eigenvalue weighted by Gasteiger charge is -2.42. The summed E-state index contributed by atoms with van der Waals surface area (Å²) in [6.45, 7) is 3.47. The Morgan fingerprint density at radius 3 is 2.56 bits per heavy atom. The molecule has 0 bridgehead atoms. The lowest BCUT2D eigenvalue weighted by atomic mass is 9.86. The van der Waals surface area contributed by atoms with Crippen molar-refractivity contribution in [2.24, 2.45) is 0 Å². The summed E-state index contributed by atoms with van der Waals surface area (Å²) >= 11 is 1.54. The number of amides is 1. The lowest BCUT2D eigenvalue weighted by Crippen LogP contribution is -2.47. The molecule has 0 radical (unpaired) electrons. The summed E-state index contributed by atoms with van der Waals surface area (Å²) in [4.78, 5) is 17.2. The van der Waals surface area contributed by atoms with Crippen molar-refractivity contribution in [3.63, 3.8) is 0 Å². The minimum absolute atomic E-state index is 0.0211. The van der Waals surface area contributed by atoms with Gasteiger partial charge in [-0.3, -0.25) is 9.69 Å². The smallest absolute Gasteiger partial charge is 0.229 e. The third kappa shape index (κ3) is 5.05. The second-order valence-electron chi connectivity index (χ2n) is 8.64. The van der Waals surface area contributed by atoms with Crippen LogP contribution in [0.15, 0.2) is 89.5 Å². The van der Waals surface area contributed by atoms with Crippen molar-refractivity contribution in [1.82, 2.24) is 4.90 Å². The number of carbonyl (C=O) groups is 1. The quantitative estimate of drug-likeness (QED) is 0.406. The minimum atomic E-state index is -0.279. The Kier molecular flexibility index (Phi) is 7.15. The first kappa shape index (κ1) is 23.8. The van der Waals surface area contributed by atoms with Crippen LogP contribution in [-0.4, -0.2) is 30.0 Å². The Balaban J connectivity index is 1.34. The average molecular weight is 498 g/mol. The highest BCUT2D eigenvalue weighted by Crippen LogP contribution is 2.43. The van der Waals surface area contributed by atoms with E-state index in [1.165, 1.54) is 11.8 Å². The van der Waals surface area contributed by atoms with Crippen LogP contribution < -0.4 is 14.4 Å². The number of benzene rings is 3. The molecule has 2 aliphatic rings. The van der Waals surface area contributed by atoms with Crippen molar-refractivity contribution < 1.29 is 14.3 Å². The van der Waals surface area contributed by atoms with E-state index in [1.807, 2.05) is 85.8 Å². The highest BCUT2D eigenvalue weighted by atomic mass is 32.2.